The maximum atomic E-state index is 13.1. The molecule has 0 saturated heterocycles. The Morgan fingerprint density at radius 2 is 1.94 bits per heavy atom. The van der Waals surface area contributed by atoms with Crippen LogP contribution in [0.5, 0.6) is 11.6 Å². The lowest BCUT2D eigenvalue weighted by molar-refractivity contribution is -0.383. The van der Waals surface area contributed by atoms with E-state index in [0.717, 1.165) is 0 Å². The van der Waals surface area contributed by atoms with Crippen molar-refractivity contribution in [1.82, 2.24) is 9.55 Å². The topological polar surface area (TPSA) is 120 Å². The average Bonchev–Trinajstić information content (AvgIpc) is 3.26. The van der Waals surface area contributed by atoms with Gasteiger partial charge in [0, 0.05) is 23.2 Å². The fourth-order valence-corrected chi connectivity index (χ4v) is 3.62. The smallest absolute Gasteiger partial charge is 0.419 e. The number of aromatic amines is 1. The molecular weight excluding hydrogens is 402 g/mol. The average molecular weight is 423 g/mol. The fraction of sp³-hybridized carbons (Fsp3) is 0.227. The van der Waals surface area contributed by atoms with Crippen LogP contribution in [-0.2, 0) is 4.74 Å². The predicted octanol–water partition coefficient (Wildman–Crippen LogP) is 5.20. The summed E-state index contributed by atoms with van der Waals surface area (Å²) in [7, 11) is 1.55. The molecule has 160 valence electrons. The van der Waals surface area contributed by atoms with Crippen LogP contribution in [-0.4, -0.2) is 38.4 Å². The molecule has 0 saturated carbocycles. The number of ether oxygens (including phenoxy) is 2. The number of nitrogens with zero attached hydrogens (tertiary/aromatic N) is 2. The lowest BCUT2D eigenvalue weighted by atomic mass is 10.0. The van der Waals surface area contributed by atoms with Crippen molar-refractivity contribution in [2.24, 2.45) is 0 Å². The highest BCUT2D eigenvalue weighted by Gasteiger charge is 2.26. The highest BCUT2D eigenvalue weighted by atomic mass is 16.6. The summed E-state index contributed by atoms with van der Waals surface area (Å²) in [5, 5.41) is 23.0. The molecule has 0 bridgehead atoms. The number of hydrogen-bond acceptors (Lipinski definition) is 6. The van der Waals surface area contributed by atoms with E-state index in [9.17, 15) is 20.0 Å². The SMILES string of the molecule is COc1ccc2c(c1)cc(-c1ccc([N+](=O)[O-])c3c[nH]c(O)c13)n2C(=O)OC(C)(C)C. The number of H-pyrrole nitrogens is 1. The van der Waals surface area contributed by atoms with Crippen LogP contribution in [0, 0.1) is 10.1 Å². The Morgan fingerprint density at radius 1 is 1.19 bits per heavy atom. The number of nitro groups is 1. The fourth-order valence-electron chi connectivity index (χ4n) is 3.62. The van der Waals surface area contributed by atoms with Gasteiger partial charge in [-0.15, -0.1) is 0 Å². The molecule has 0 spiro atoms. The molecule has 0 atom stereocenters. The highest BCUT2D eigenvalue weighted by molar-refractivity contribution is 6.08. The number of non-ortho nitro benzene ring substituents is 1. The molecule has 0 aliphatic rings. The second-order valence-electron chi connectivity index (χ2n) is 8.09. The maximum absolute atomic E-state index is 13.1. The number of nitrogens with one attached hydrogen (secondary N) is 1. The first-order chi connectivity index (χ1) is 14.6. The minimum Gasteiger partial charge on any atom is -0.497 e. The van der Waals surface area contributed by atoms with E-state index in [1.165, 1.54) is 22.9 Å². The number of benzene rings is 2. The lowest BCUT2D eigenvalue weighted by Gasteiger charge is -2.21. The Bertz CT molecular complexity index is 1340. The first-order valence-corrected chi connectivity index (χ1v) is 9.51. The summed E-state index contributed by atoms with van der Waals surface area (Å²) in [6, 6.07) is 9.87. The summed E-state index contributed by atoms with van der Waals surface area (Å²) < 4.78 is 12.3. The van der Waals surface area contributed by atoms with Crippen molar-refractivity contribution in [3.8, 4) is 22.9 Å². The molecule has 0 fully saturated rings. The van der Waals surface area contributed by atoms with Gasteiger partial charge in [0.2, 0.25) is 0 Å². The third kappa shape index (κ3) is 3.43. The van der Waals surface area contributed by atoms with Crippen LogP contribution in [0.3, 0.4) is 0 Å². The summed E-state index contributed by atoms with van der Waals surface area (Å²) >= 11 is 0. The van der Waals surface area contributed by atoms with Gasteiger partial charge in [-0.1, -0.05) is 0 Å². The van der Waals surface area contributed by atoms with Crippen LogP contribution in [0.4, 0.5) is 10.5 Å². The number of hydrogen-bond donors (Lipinski definition) is 2. The second-order valence-corrected chi connectivity index (χ2v) is 8.09. The standard InChI is InChI=1S/C22H21N3O6/c1-22(2,3)31-21(27)24-16-7-5-13(30-4)9-12(16)10-18(24)14-6-8-17(25(28)29)15-11-23-20(26)19(14)15/h5-11,23,26H,1-4H3. The largest absolute Gasteiger partial charge is 0.497 e. The molecule has 4 aromatic rings. The van der Waals surface area contributed by atoms with Crippen molar-refractivity contribution < 1.29 is 24.3 Å². The van der Waals surface area contributed by atoms with Gasteiger partial charge in [-0.05, 0) is 51.1 Å². The number of aromatic nitrogens is 2. The molecule has 0 unspecified atom stereocenters. The van der Waals surface area contributed by atoms with Crippen molar-refractivity contribution >= 4 is 33.5 Å². The number of methoxy groups -OCH3 is 1. The van der Waals surface area contributed by atoms with E-state index in [0.29, 0.717) is 27.9 Å². The lowest BCUT2D eigenvalue weighted by Crippen LogP contribution is -2.27. The van der Waals surface area contributed by atoms with E-state index < -0.39 is 16.6 Å². The van der Waals surface area contributed by atoms with Crippen LogP contribution in [0.15, 0.2) is 42.6 Å². The molecule has 2 N–H and O–H groups in total. The first-order valence-electron chi connectivity index (χ1n) is 9.51. The number of aromatic hydroxyl groups is 1. The molecule has 4 rings (SSSR count). The van der Waals surface area contributed by atoms with Crippen LogP contribution < -0.4 is 4.74 Å². The third-order valence-electron chi connectivity index (χ3n) is 4.87. The van der Waals surface area contributed by atoms with Gasteiger partial charge in [-0.25, -0.2) is 9.36 Å². The molecular formula is C22H21N3O6. The molecule has 9 nitrogen and oxygen atoms in total. The molecule has 31 heavy (non-hydrogen) atoms. The first kappa shape index (κ1) is 20.3. The Morgan fingerprint density at radius 3 is 2.58 bits per heavy atom. The third-order valence-corrected chi connectivity index (χ3v) is 4.87. The summed E-state index contributed by atoms with van der Waals surface area (Å²) in [6.07, 6.45) is 0.764. The van der Waals surface area contributed by atoms with Gasteiger partial charge < -0.3 is 19.6 Å². The van der Waals surface area contributed by atoms with E-state index in [-0.39, 0.29) is 22.3 Å². The summed E-state index contributed by atoms with van der Waals surface area (Å²) in [5.41, 5.74) is 0.550. The van der Waals surface area contributed by atoms with Crippen LogP contribution in [0.2, 0.25) is 0 Å². The molecule has 0 aliphatic heterocycles. The van der Waals surface area contributed by atoms with Gasteiger partial charge in [0.05, 0.1) is 34.0 Å². The van der Waals surface area contributed by atoms with Gasteiger partial charge in [0.25, 0.3) is 5.69 Å². The maximum Gasteiger partial charge on any atom is 0.419 e. The molecule has 2 aromatic carbocycles. The normalized spacial score (nSPS) is 11.7. The summed E-state index contributed by atoms with van der Waals surface area (Å²) in [6.45, 7) is 5.30. The number of carbonyl (C=O) groups excluding carboxylic acids is 1. The number of carbonyl (C=O) groups is 1. The number of nitro benzene ring substituents is 1. The molecule has 0 aliphatic carbocycles. The van der Waals surface area contributed by atoms with E-state index in [2.05, 4.69) is 4.98 Å². The molecule has 0 amide bonds. The van der Waals surface area contributed by atoms with Gasteiger partial charge in [-0.2, -0.15) is 0 Å². The Hall–Kier alpha value is -4.01. The van der Waals surface area contributed by atoms with Crippen molar-refractivity contribution in [2.75, 3.05) is 7.11 Å². The molecule has 2 aromatic heterocycles. The highest BCUT2D eigenvalue weighted by Crippen LogP contribution is 2.41. The second kappa shape index (κ2) is 7.05. The van der Waals surface area contributed by atoms with Crippen molar-refractivity contribution in [3.63, 3.8) is 0 Å². The Balaban J connectivity index is 2.05. The predicted molar refractivity (Wildman–Crippen MR) is 116 cm³/mol. The van der Waals surface area contributed by atoms with E-state index in [1.54, 1.807) is 52.1 Å². The van der Waals surface area contributed by atoms with Gasteiger partial charge in [0.15, 0.2) is 5.88 Å². The van der Waals surface area contributed by atoms with Gasteiger partial charge >= 0.3 is 6.09 Å². The molecule has 9 heteroatoms. The zero-order chi connectivity index (χ0) is 22.5. The van der Waals surface area contributed by atoms with Crippen LogP contribution in [0.25, 0.3) is 32.9 Å². The summed E-state index contributed by atoms with van der Waals surface area (Å²) in [5.74, 6) is 0.381. The van der Waals surface area contributed by atoms with Crippen LogP contribution in [0.1, 0.15) is 20.8 Å². The minimum atomic E-state index is -0.738. The summed E-state index contributed by atoms with van der Waals surface area (Å²) in [4.78, 5) is 26.7. The van der Waals surface area contributed by atoms with Crippen molar-refractivity contribution in [1.29, 1.82) is 0 Å². The minimum absolute atomic E-state index is 0.156. The van der Waals surface area contributed by atoms with Gasteiger partial charge in [0.1, 0.15) is 11.4 Å². The molecule has 2 heterocycles. The van der Waals surface area contributed by atoms with E-state index >= 15 is 0 Å². The zero-order valence-electron chi connectivity index (χ0n) is 17.4. The Labute approximate surface area is 177 Å². The van der Waals surface area contributed by atoms with Gasteiger partial charge in [-0.3, -0.25) is 10.1 Å². The quantitative estimate of drug-likeness (QED) is 0.345. The molecule has 0 radical (unpaired) electrons. The van der Waals surface area contributed by atoms with E-state index in [1.807, 2.05) is 0 Å². The van der Waals surface area contributed by atoms with Crippen LogP contribution >= 0.6 is 0 Å². The Kier molecular flexibility index (Phi) is 4.61. The van der Waals surface area contributed by atoms with Crippen molar-refractivity contribution in [2.45, 2.75) is 26.4 Å². The number of rotatable bonds is 3. The number of fused-ring (bicyclic) bond motifs is 2. The monoisotopic (exact) mass is 423 g/mol. The zero-order valence-corrected chi connectivity index (χ0v) is 17.4. The van der Waals surface area contributed by atoms with E-state index in [4.69, 9.17) is 9.47 Å². The van der Waals surface area contributed by atoms with Crippen molar-refractivity contribution in [3.05, 3.63) is 52.7 Å².